The topological polar surface area (TPSA) is 26.3 Å². The Bertz CT molecular complexity index is 597. The molecule has 0 fully saturated rings. The van der Waals surface area contributed by atoms with E-state index in [1.165, 1.54) is 5.56 Å². The van der Waals surface area contributed by atoms with E-state index in [1.807, 2.05) is 32.0 Å². The van der Waals surface area contributed by atoms with E-state index in [9.17, 15) is 4.79 Å². The number of ether oxygens (including phenoxy) is 1. The molecule has 2 aromatic rings. The third kappa shape index (κ3) is 3.47. The van der Waals surface area contributed by atoms with Crippen molar-refractivity contribution in [2.45, 2.75) is 33.8 Å². The SMILES string of the molecule is CCC(=O)c1ccc(OCc2ccc(C)cc2)cc1C. The van der Waals surface area contributed by atoms with Crippen LogP contribution in [-0.4, -0.2) is 5.78 Å². The molecule has 0 saturated heterocycles. The van der Waals surface area contributed by atoms with Crippen molar-refractivity contribution in [3.05, 3.63) is 64.7 Å². The third-order valence-corrected chi connectivity index (χ3v) is 3.35. The second kappa shape index (κ2) is 6.38. The number of Topliss-reactive ketones (excluding diaryl/α,β-unsaturated/α-hetero) is 1. The lowest BCUT2D eigenvalue weighted by atomic mass is 10.0. The van der Waals surface area contributed by atoms with Crippen molar-refractivity contribution in [1.29, 1.82) is 0 Å². The Labute approximate surface area is 120 Å². The summed E-state index contributed by atoms with van der Waals surface area (Å²) in [6.45, 7) is 6.43. The summed E-state index contributed by atoms with van der Waals surface area (Å²) in [7, 11) is 0. The molecule has 2 nitrogen and oxygen atoms in total. The summed E-state index contributed by atoms with van der Waals surface area (Å²) < 4.78 is 5.77. The van der Waals surface area contributed by atoms with Gasteiger partial charge in [-0.05, 0) is 43.2 Å². The normalized spacial score (nSPS) is 10.3. The Morgan fingerprint density at radius 1 is 1.05 bits per heavy atom. The first-order valence-electron chi connectivity index (χ1n) is 6.92. The summed E-state index contributed by atoms with van der Waals surface area (Å²) in [5, 5.41) is 0. The van der Waals surface area contributed by atoms with Gasteiger partial charge in [0, 0.05) is 12.0 Å². The molecule has 0 heterocycles. The van der Waals surface area contributed by atoms with Gasteiger partial charge in [0.15, 0.2) is 5.78 Å². The van der Waals surface area contributed by atoms with Crippen molar-refractivity contribution in [3.8, 4) is 5.75 Å². The number of aryl methyl sites for hydroxylation is 2. The van der Waals surface area contributed by atoms with Crippen LogP contribution in [-0.2, 0) is 6.61 Å². The van der Waals surface area contributed by atoms with Gasteiger partial charge in [0.1, 0.15) is 12.4 Å². The van der Waals surface area contributed by atoms with Crippen molar-refractivity contribution in [2.75, 3.05) is 0 Å². The Kier molecular flexibility index (Phi) is 4.57. The first-order valence-corrected chi connectivity index (χ1v) is 6.92. The molecule has 20 heavy (non-hydrogen) atoms. The third-order valence-electron chi connectivity index (χ3n) is 3.35. The Balaban J connectivity index is 2.05. The average molecular weight is 268 g/mol. The lowest BCUT2D eigenvalue weighted by Crippen LogP contribution is -2.01. The van der Waals surface area contributed by atoms with Crippen molar-refractivity contribution < 1.29 is 9.53 Å². The highest BCUT2D eigenvalue weighted by Gasteiger charge is 2.07. The van der Waals surface area contributed by atoms with Gasteiger partial charge in [0.2, 0.25) is 0 Å². The largest absolute Gasteiger partial charge is 0.489 e. The highest BCUT2D eigenvalue weighted by atomic mass is 16.5. The van der Waals surface area contributed by atoms with Gasteiger partial charge in [0.25, 0.3) is 0 Å². The number of carbonyl (C=O) groups is 1. The first-order chi connectivity index (χ1) is 9.60. The molecule has 2 rings (SSSR count). The van der Waals surface area contributed by atoms with Crippen molar-refractivity contribution in [2.24, 2.45) is 0 Å². The van der Waals surface area contributed by atoms with Crippen LogP contribution in [0.3, 0.4) is 0 Å². The van der Waals surface area contributed by atoms with E-state index in [2.05, 4.69) is 31.2 Å². The zero-order chi connectivity index (χ0) is 14.5. The molecule has 0 aromatic heterocycles. The summed E-state index contributed by atoms with van der Waals surface area (Å²) in [6, 6.07) is 13.9. The van der Waals surface area contributed by atoms with E-state index in [0.717, 1.165) is 22.4 Å². The molecule has 0 unspecified atom stereocenters. The predicted molar refractivity (Wildman–Crippen MR) is 81.3 cm³/mol. The minimum atomic E-state index is 0.174. The van der Waals surface area contributed by atoms with E-state index < -0.39 is 0 Å². The van der Waals surface area contributed by atoms with Crippen LogP contribution >= 0.6 is 0 Å². The monoisotopic (exact) mass is 268 g/mol. The summed E-state index contributed by atoms with van der Waals surface area (Å²) in [5.74, 6) is 0.975. The molecular formula is C18H20O2. The van der Waals surface area contributed by atoms with Gasteiger partial charge in [0.05, 0.1) is 0 Å². The lowest BCUT2D eigenvalue weighted by molar-refractivity contribution is 0.0987. The Hall–Kier alpha value is -2.09. The van der Waals surface area contributed by atoms with E-state index >= 15 is 0 Å². The number of hydrogen-bond donors (Lipinski definition) is 0. The van der Waals surface area contributed by atoms with Crippen LogP contribution in [0, 0.1) is 13.8 Å². The molecule has 0 saturated carbocycles. The molecule has 0 N–H and O–H groups in total. The standard InChI is InChI=1S/C18H20O2/c1-4-18(19)17-10-9-16(11-14(17)3)20-12-15-7-5-13(2)6-8-15/h5-11H,4,12H2,1-3H3. The fraction of sp³-hybridized carbons (Fsp3) is 0.278. The second-order valence-corrected chi connectivity index (χ2v) is 5.03. The maximum atomic E-state index is 11.7. The smallest absolute Gasteiger partial charge is 0.162 e. The van der Waals surface area contributed by atoms with Crippen molar-refractivity contribution in [3.63, 3.8) is 0 Å². The fourth-order valence-electron chi connectivity index (χ4n) is 2.08. The molecule has 0 bridgehead atoms. The molecule has 0 atom stereocenters. The molecule has 0 aliphatic rings. The van der Waals surface area contributed by atoms with E-state index in [0.29, 0.717) is 13.0 Å². The maximum Gasteiger partial charge on any atom is 0.162 e. The molecule has 2 aromatic carbocycles. The zero-order valence-electron chi connectivity index (χ0n) is 12.3. The summed E-state index contributed by atoms with van der Waals surface area (Å²) >= 11 is 0. The minimum Gasteiger partial charge on any atom is -0.489 e. The van der Waals surface area contributed by atoms with Crippen molar-refractivity contribution in [1.82, 2.24) is 0 Å². The van der Waals surface area contributed by atoms with Gasteiger partial charge in [-0.3, -0.25) is 4.79 Å². The van der Waals surface area contributed by atoms with Gasteiger partial charge < -0.3 is 4.74 Å². The molecule has 0 spiro atoms. The quantitative estimate of drug-likeness (QED) is 0.748. The molecular weight excluding hydrogens is 248 g/mol. The number of benzene rings is 2. The number of rotatable bonds is 5. The molecule has 0 aliphatic carbocycles. The van der Waals surface area contributed by atoms with Gasteiger partial charge in [-0.25, -0.2) is 0 Å². The van der Waals surface area contributed by atoms with E-state index in [-0.39, 0.29) is 5.78 Å². The fourth-order valence-corrected chi connectivity index (χ4v) is 2.08. The highest BCUT2D eigenvalue weighted by molar-refractivity contribution is 5.97. The van der Waals surface area contributed by atoms with Crippen LogP contribution < -0.4 is 4.74 Å². The van der Waals surface area contributed by atoms with Crippen LogP contribution in [0.1, 0.15) is 40.4 Å². The summed E-state index contributed by atoms with van der Waals surface area (Å²) in [4.78, 5) is 11.7. The van der Waals surface area contributed by atoms with E-state index in [4.69, 9.17) is 4.74 Å². The molecule has 104 valence electrons. The lowest BCUT2D eigenvalue weighted by Gasteiger charge is -2.09. The minimum absolute atomic E-state index is 0.174. The van der Waals surface area contributed by atoms with Gasteiger partial charge in [-0.1, -0.05) is 36.8 Å². The van der Waals surface area contributed by atoms with Crippen LogP contribution in [0.5, 0.6) is 5.75 Å². The predicted octanol–water partition coefficient (Wildman–Crippen LogP) is 4.48. The second-order valence-electron chi connectivity index (χ2n) is 5.03. The average Bonchev–Trinajstić information content (AvgIpc) is 2.46. The zero-order valence-corrected chi connectivity index (χ0v) is 12.3. The Morgan fingerprint density at radius 2 is 1.75 bits per heavy atom. The Morgan fingerprint density at radius 3 is 2.35 bits per heavy atom. The summed E-state index contributed by atoms with van der Waals surface area (Å²) in [5.41, 5.74) is 4.14. The van der Waals surface area contributed by atoms with Gasteiger partial charge in [-0.15, -0.1) is 0 Å². The molecule has 2 heteroatoms. The van der Waals surface area contributed by atoms with Gasteiger partial charge in [-0.2, -0.15) is 0 Å². The first kappa shape index (κ1) is 14.3. The maximum absolute atomic E-state index is 11.7. The van der Waals surface area contributed by atoms with Crippen LogP contribution in [0.15, 0.2) is 42.5 Å². The van der Waals surface area contributed by atoms with Gasteiger partial charge >= 0.3 is 0 Å². The van der Waals surface area contributed by atoms with E-state index in [1.54, 1.807) is 0 Å². The summed E-state index contributed by atoms with van der Waals surface area (Å²) in [6.07, 6.45) is 0.532. The van der Waals surface area contributed by atoms with Crippen molar-refractivity contribution >= 4 is 5.78 Å². The molecule has 0 amide bonds. The van der Waals surface area contributed by atoms with Crippen LogP contribution in [0.2, 0.25) is 0 Å². The number of ketones is 1. The van der Waals surface area contributed by atoms with Crippen LogP contribution in [0.4, 0.5) is 0 Å². The number of carbonyl (C=O) groups excluding carboxylic acids is 1. The van der Waals surface area contributed by atoms with Crippen LogP contribution in [0.25, 0.3) is 0 Å². The molecule has 0 radical (unpaired) electrons. The number of hydrogen-bond acceptors (Lipinski definition) is 2. The molecule has 0 aliphatic heterocycles. The highest BCUT2D eigenvalue weighted by Crippen LogP contribution is 2.19.